The summed E-state index contributed by atoms with van der Waals surface area (Å²) in [4.78, 5) is 27.6. The van der Waals surface area contributed by atoms with Crippen molar-refractivity contribution < 1.29 is 12.8 Å². The minimum absolute atomic E-state index is 0.0243. The number of anilines is 1. The van der Waals surface area contributed by atoms with Crippen LogP contribution in [0.1, 0.15) is 17.7 Å². The summed E-state index contributed by atoms with van der Waals surface area (Å²) >= 11 is 0. The number of halogens is 1. The summed E-state index contributed by atoms with van der Waals surface area (Å²) < 4.78 is 42.2. The van der Waals surface area contributed by atoms with Crippen LogP contribution < -0.4 is 21.7 Å². The molecule has 0 aliphatic carbocycles. The fourth-order valence-electron chi connectivity index (χ4n) is 3.41. The minimum atomic E-state index is -3.94. The van der Waals surface area contributed by atoms with Gasteiger partial charge in [-0.15, -0.1) is 0 Å². The maximum absolute atomic E-state index is 13.2. The van der Waals surface area contributed by atoms with E-state index in [1.165, 1.54) is 47.1 Å². The predicted octanol–water partition coefficient (Wildman–Crippen LogP) is 0.906. The number of fused-ring (bicyclic) bond motifs is 1. The quantitative estimate of drug-likeness (QED) is 0.282. The van der Waals surface area contributed by atoms with Crippen LogP contribution in [-0.2, 0) is 16.4 Å². The number of rotatable bonds is 7. The normalized spacial score (nSPS) is 11.5. The number of hydrogen-bond donors (Lipinski definition) is 4. The second-order valence-corrected chi connectivity index (χ2v) is 9.09. The lowest BCUT2D eigenvalue weighted by Crippen LogP contribution is -2.26. The van der Waals surface area contributed by atoms with Gasteiger partial charge in [0.05, 0.1) is 27.2 Å². The van der Waals surface area contributed by atoms with Crippen LogP contribution in [0.2, 0.25) is 0 Å². The first-order valence-corrected chi connectivity index (χ1v) is 11.5. The first kappa shape index (κ1) is 22.9. The molecule has 5 N–H and O–H groups in total. The van der Waals surface area contributed by atoms with Gasteiger partial charge in [-0.25, -0.2) is 27.0 Å². The van der Waals surface area contributed by atoms with Crippen LogP contribution in [0.4, 0.5) is 10.2 Å². The van der Waals surface area contributed by atoms with E-state index in [1.807, 2.05) is 11.1 Å². The molecule has 13 heteroatoms. The van der Waals surface area contributed by atoms with Gasteiger partial charge in [0.15, 0.2) is 0 Å². The van der Waals surface area contributed by atoms with Gasteiger partial charge >= 0.3 is 5.69 Å². The van der Waals surface area contributed by atoms with E-state index < -0.39 is 27.1 Å². The van der Waals surface area contributed by atoms with Gasteiger partial charge in [-0.05, 0) is 55.3 Å². The lowest BCUT2D eigenvalue weighted by molar-refractivity contribution is 0.578. The van der Waals surface area contributed by atoms with Crippen LogP contribution in [0.15, 0.2) is 56.9 Å². The first-order chi connectivity index (χ1) is 16.2. The molecule has 2 heterocycles. The number of aromatic nitrogens is 4. The smallest absolute Gasteiger partial charge is 0.326 e. The van der Waals surface area contributed by atoms with E-state index in [-0.39, 0.29) is 40.1 Å². The molecular formula is C21H18FN7O4S. The van der Waals surface area contributed by atoms with E-state index in [0.29, 0.717) is 17.8 Å². The van der Waals surface area contributed by atoms with Crippen molar-refractivity contribution in [2.75, 3.05) is 12.3 Å². The van der Waals surface area contributed by atoms with Crippen molar-refractivity contribution in [3.05, 3.63) is 80.4 Å². The highest BCUT2D eigenvalue weighted by Crippen LogP contribution is 2.22. The number of nitrogens with one attached hydrogen (secondary N) is 3. The third-order valence-electron chi connectivity index (χ3n) is 5.08. The number of hydrogen-bond acceptors (Lipinski definition) is 7. The molecule has 2 aromatic heterocycles. The molecule has 0 unspecified atom stereocenters. The average Bonchev–Trinajstić information content (AvgIpc) is 3.12. The summed E-state index contributed by atoms with van der Waals surface area (Å²) in [7, 11) is -3.94. The molecule has 0 saturated heterocycles. The number of nitrogen functional groups attached to an aromatic ring is 1. The highest BCUT2D eigenvalue weighted by atomic mass is 32.2. The van der Waals surface area contributed by atoms with Crippen molar-refractivity contribution in [2.24, 2.45) is 0 Å². The summed E-state index contributed by atoms with van der Waals surface area (Å²) in [5, 5.41) is 13.8. The van der Waals surface area contributed by atoms with Crippen LogP contribution in [0.5, 0.6) is 0 Å². The molecule has 0 bridgehead atoms. The van der Waals surface area contributed by atoms with Crippen LogP contribution in [-0.4, -0.2) is 34.7 Å². The SMILES string of the molecule is N#Cc1c(CCCNS(=O)(=O)c2ccc3[nH]c(=O)[nH]c(=O)c3c2)nn(-c2ccc(F)cc2)c1N. The van der Waals surface area contributed by atoms with Gasteiger partial charge in [0, 0.05) is 6.54 Å². The van der Waals surface area contributed by atoms with E-state index >= 15 is 0 Å². The summed E-state index contributed by atoms with van der Waals surface area (Å²) in [5.41, 5.74) is 5.87. The highest BCUT2D eigenvalue weighted by molar-refractivity contribution is 7.89. The summed E-state index contributed by atoms with van der Waals surface area (Å²) in [6.45, 7) is 0.0243. The minimum Gasteiger partial charge on any atom is -0.382 e. The molecule has 4 rings (SSSR count). The standard InChI is InChI=1S/C21H18FN7O4S/c22-12-3-5-13(6-4-12)29-19(24)16(11-23)18(28-29)2-1-9-25-34(32,33)14-7-8-17-15(10-14)20(30)27-21(31)26-17/h3-8,10,25H,1-2,9,24H2,(H2,26,27,30,31). The molecule has 0 aliphatic rings. The van der Waals surface area contributed by atoms with Crippen molar-refractivity contribution in [2.45, 2.75) is 17.7 Å². The van der Waals surface area contributed by atoms with Crippen LogP contribution in [0.25, 0.3) is 16.6 Å². The third kappa shape index (κ3) is 4.45. The Bertz CT molecular complexity index is 1650. The van der Waals surface area contributed by atoms with Crippen molar-refractivity contribution in [3.63, 3.8) is 0 Å². The molecule has 0 radical (unpaired) electrons. The Morgan fingerprint density at radius 1 is 1.15 bits per heavy atom. The van der Waals surface area contributed by atoms with Gasteiger partial charge < -0.3 is 10.7 Å². The molecule has 11 nitrogen and oxygen atoms in total. The second kappa shape index (κ2) is 8.93. The van der Waals surface area contributed by atoms with Gasteiger partial charge in [-0.2, -0.15) is 10.4 Å². The molecule has 34 heavy (non-hydrogen) atoms. The Morgan fingerprint density at radius 3 is 2.59 bits per heavy atom. The summed E-state index contributed by atoms with van der Waals surface area (Å²) in [6.07, 6.45) is 0.553. The van der Waals surface area contributed by atoms with Gasteiger partial charge in [0.1, 0.15) is 23.3 Å². The Morgan fingerprint density at radius 2 is 1.88 bits per heavy atom. The maximum atomic E-state index is 13.2. The second-order valence-electron chi connectivity index (χ2n) is 7.32. The Labute approximate surface area is 191 Å². The zero-order chi connectivity index (χ0) is 24.5. The lowest BCUT2D eigenvalue weighted by atomic mass is 10.1. The number of nitrogens with two attached hydrogens (primary N) is 1. The molecule has 0 spiro atoms. The fraction of sp³-hybridized carbons (Fsp3) is 0.143. The number of nitrogens with zero attached hydrogens (tertiary/aromatic N) is 3. The number of aromatic amines is 2. The predicted molar refractivity (Wildman–Crippen MR) is 121 cm³/mol. The number of sulfonamides is 1. The third-order valence-corrected chi connectivity index (χ3v) is 6.54. The molecule has 0 fully saturated rings. The Kier molecular flexibility index (Phi) is 6.01. The topological polar surface area (TPSA) is 180 Å². The Balaban J connectivity index is 1.47. The van der Waals surface area contributed by atoms with Crippen molar-refractivity contribution >= 4 is 26.7 Å². The van der Waals surface area contributed by atoms with Crippen LogP contribution in [0.3, 0.4) is 0 Å². The number of benzene rings is 2. The molecule has 0 atom stereocenters. The lowest BCUT2D eigenvalue weighted by Gasteiger charge is -2.07. The Hall–Kier alpha value is -4.28. The molecule has 4 aromatic rings. The zero-order valence-corrected chi connectivity index (χ0v) is 18.3. The number of H-pyrrole nitrogens is 2. The van der Waals surface area contributed by atoms with E-state index in [2.05, 4.69) is 14.8 Å². The summed E-state index contributed by atoms with van der Waals surface area (Å²) in [6, 6.07) is 11.2. The molecule has 0 amide bonds. The van der Waals surface area contributed by atoms with Crippen molar-refractivity contribution in [3.8, 4) is 11.8 Å². The number of nitriles is 1. The molecule has 2 aromatic carbocycles. The molecule has 0 aliphatic heterocycles. The number of aryl methyl sites for hydroxylation is 1. The highest BCUT2D eigenvalue weighted by Gasteiger charge is 2.18. The fourth-order valence-corrected chi connectivity index (χ4v) is 4.51. The van der Waals surface area contributed by atoms with E-state index in [4.69, 9.17) is 5.73 Å². The molecule has 0 saturated carbocycles. The maximum Gasteiger partial charge on any atom is 0.326 e. The van der Waals surface area contributed by atoms with Gasteiger partial charge in [-0.3, -0.25) is 9.78 Å². The molecule has 174 valence electrons. The monoisotopic (exact) mass is 483 g/mol. The van der Waals surface area contributed by atoms with Crippen LogP contribution >= 0.6 is 0 Å². The first-order valence-electron chi connectivity index (χ1n) is 9.99. The van der Waals surface area contributed by atoms with Crippen LogP contribution in [0, 0.1) is 17.1 Å². The zero-order valence-electron chi connectivity index (χ0n) is 17.5. The van der Waals surface area contributed by atoms with Gasteiger partial charge in [0.25, 0.3) is 5.56 Å². The van der Waals surface area contributed by atoms with E-state index in [0.717, 1.165) is 0 Å². The van der Waals surface area contributed by atoms with Crippen molar-refractivity contribution in [1.82, 2.24) is 24.5 Å². The van der Waals surface area contributed by atoms with E-state index in [9.17, 15) is 27.7 Å². The average molecular weight is 483 g/mol. The van der Waals surface area contributed by atoms with Gasteiger partial charge in [-0.1, -0.05) is 0 Å². The summed E-state index contributed by atoms with van der Waals surface area (Å²) in [5.74, 6) is -0.323. The molecular weight excluding hydrogens is 465 g/mol. The largest absolute Gasteiger partial charge is 0.382 e. The van der Waals surface area contributed by atoms with Gasteiger partial charge in [0.2, 0.25) is 10.0 Å². The van der Waals surface area contributed by atoms with E-state index in [1.54, 1.807) is 0 Å². The van der Waals surface area contributed by atoms with Crippen molar-refractivity contribution in [1.29, 1.82) is 5.26 Å².